The minimum absolute atomic E-state index is 0.504. The van der Waals surface area contributed by atoms with E-state index in [-0.39, 0.29) is 0 Å². The first-order chi connectivity index (χ1) is 8.31. The molecule has 0 saturated carbocycles. The fourth-order valence-corrected chi connectivity index (χ4v) is 1.63. The zero-order chi connectivity index (χ0) is 12.5. The lowest BCUT2D eigenvalue weighted by atomic mass is 10.3. The van der Waals surface area contributed by atoms with Crippen molar-refractivity contribution < 1.29 is 0 Å². The Labute approximate surface area is 104 Å². The van der Waals surface area contributed by atoms with Gasteiger partial charge in [-0.2, -0.15) is 0 Å². The molecule has 2 N–H and O–H groups in total. The van der Waals surface area contributed by atoms with Crippen molar-refractivity contribution in [2.24, 2.45) is 5.73 Å². The molecule has 1 heterocycles. The van der Waals surface area contributed by atoms with Crippen LogP contribution in [0.3, 0.4) is 0 Å². The van der Waals surface area contributed by atoms with E-state index < -0.39 is 0 Å². The van der Waals surface area contributed by atoms with E-state index in [1.54, 1.807) is 0 Å². The van der Waals surface area contributed by atoms with Gasteiger partial charge in [-0.25, -0.2) is 9.97 Å². The molecule has 1 aromatic rings. The van der Waals surface area contributed by atoms with Crippen LogP contribution in [0.25, 0.3) is 0 Å². The quantitative estimate of drug-likeness (QED) is 0.752. The Balaban J connectivity index is 2.65. The number of hydrogen-bond donors (Lipinski definition) is 1. The van der Waals surface area contributed by atoms with Gasteiger partial charge in [0.2, 0.25) is 5.95 Å². The van der Waals surface area contributed by atoms with E-state index in [1.807, 2.05) is 12.4 Å². The first-order valence-corrected chi connectivity index (χ1v) is 6.57. The van der Waals surface area contributed by atoms with Crippen LogP contribution in [0.4, 0.5) is 5.95 Å². The molecule has 1 aromatic heterocycles. The smallest absolute Gasteiger partial charge is 0.225 e. The third-order valence-corrected chi connectivity index (χ3v) is 2.77. The van der Waals surface area contributed by atoms with Gasteiger partial charge in [0.25, 0.3) is 0 Å². The van der Waals surface area contributed by atoms with Crippen LogP contribution in [-0.2, 0) is 6.54 Å². The Hall–Kier alpha value is -1.16. The summed E-state index contributed by atoms with van der Waals surface area (Å²) in [6.07, 6.45) is 8.42. The predicted molar refractivity (Wildman–Crippen MR) is 72.0 cm³/mol. The van der Waals surface area contributed by atoms with E-state index in [2.05, 4.69) is 28.7 Å². The van der Waals surface area contributed by atoms with Crippen molar-refractivity contribution in [3.05, 3.63) is 18.0 Å². The second-order valence-corrected chi connectivity index (χ2v) is 4.29. The third kappa shape index (κ3) is 4.69. The van der Waals surface area contributed by atoms with E-state index >= 15 is 0 Å². The minimum Gasteiger partial charge on any atom is -0.341 e. The molecule has 0 saturated heterocycles. The summed E-state index contributed by atoms with van der Waals surface area (Å²) < 4.78 is 0. The lowest BCUT2D eigenvalue weighted by Gasteiger charge is -2.22. The topological polar surface area (TPSA) is 55.0 Å². The Morgan fingerprint density at radius 2 is 1.59 bits per heavy atom. The van der Waals surface area contributed by atoms with E-state index in [1.165, 1.54) is 25.7 Å². The van der Waals surface area contributed by atoms with Crippen LogP contribution in [0.1, 0.15) is 45.1 Å². The monoisotopic (exact) mass is 236 g/mol. The van der Waals surface area contributed by atoms with Crippen molar-refractivity contribution in [3.8, 4) is 0 Å². The molecule has 0 atom stereocenters. The molecule has 0 aliphatic rings. The van der Waals surface area contributed by atoms with E-state index in [0.717, 1.165) is 24.6 Å². The lowest BCUT2D eigenvalue weighted by Crippen LogP contribution is -2.27. The van der Waals surface area contributed by atoms with Crippen LogP contribution < -0.4 is 10.6 Å². The number of nitrogens with two attached hydrogens (primary N) is 1. The molecule has 0 aromatic carbocycles. The molecule has 0 amide bonds. The van der Waals surface area contributed by atoms with Crippen LogP contribution in [-0.4, -0.2) is 23.1 Å². The van der Waals surface area contributed by atoms with Gasteiger partial charge in [-0.1, -0.05) is 26.7 Å². The van der Waals surface area contributed by atoms with Crippen LogP contribution in [0.5, 0.6) is 0 Å². The highest BCUT2D eigenvalue weighted by atomic mass is 15.2. The molecule has 17 heavy (non-hydrogen) atoms. The summed E-state index contributed by atoms with van der Waals surface area (Å²) in [4.78, 5) is 11.1. The third-order valence-electron chi connectivity index (χ3n) is 2.77. The van der Waals surface area contributed by atoms with Gasteiger partial charge in [-0.3, -0.25) is 0 Å². The van der Waals surface area contributed by atoms with Crippen LogP contribution >= 0.6 is 0 Å². The summed E-state index contributed by atoms with van der Waals surface area (Å²) in [7, 11) is 0. The molecule has 96 valence electrons. The van der Waals surface area contributed by atoms with Gasteiger partial charge >= 0.3 is 0 Å². The molecule has 1 rings (SSSR count). The summed E-state index contributed by atoms with van der Waals surface area (Å²) >= 11 is 0. The first-order valence-electron chi connectivity index (χ1n) is 6.57. The van der Waals surface area contributed by atoms with Gasteiger partial charge in [0.1, 0.15) is 0 Å². The summed E-state index contributed by atoms with van der Waals surface area (Å²) in [5.74, 6) is 0.837. The molecular formula is C13H24N4. The van der Waals surface area contributed by atoms with Crippen molar-refractivity contribution in [1.82, 2.24) is 9.97 Å². The molecule has 0 spiro atoms. The van der Waals surface area contributed by atoms with Crippen LogP contribution in [0, 0.1) is 0 Å². The summed E-state index contributed by atoms with van der Waals surface area (Å²) in [5.41, 5.74) is 6.53. The lowest BCUT2D eigenvalue weighted by molar-refractivity contribution is 0.662. The Bertz CT molecular complexity index is 289. The Morgan fingerprint density at radius 3 is 2.00 bits per heavy atom. The molecule has 4 nitrogen and oxygen atoms in total. The van der Waals surface area contributed by atoms with E-state index in [0.29, 0.717) is 6.54 Å². The second kappa shape index (κ2) is 8.01. The highest BCUT2D eigenvalue weighted by molar-refractivity contribution is 5.29. The number of hydrogen-bond acceptors (Lipinski definition) is 4. The molecule has 4 heteroatoms. The largest absolute Gasteiger partial charge is 0.341 e. The van der Waals surface area contributed by atoms with Crippen molar-refractivity contribution in [3.63, 3.8) is 0 Å². The number of anilines is 1. The number of aromatic nitrogens is 2. The molecule has 0 aliphatic carbocycles. The molecule has 0 radical (unpaired) electrons. The van der Waals surface area contributed by atoms with Crippen molar-refractivity contribution in [2.45, 2.75) is 46.1 Å². The second-order valence-electron chi connectivity index (χ2n) is 4.29. The highest BCUT2D eigenvalue weighted by Crippen LogP contribution is 2.09. The van der Waals surface area contributed by atoms with Gasteiger partial charge in [0.15, 0.2) is 0 Å². The Morgan fingerprint density at radius 1 is 1.06 bits per heavy atom. The highest BCUT2D eigenvalue weighted by Gasteiger charge is 2.07. The van der Waals surface area contributed by atoms with E-state index in [9.17, 15) is 0 Å². The van der Waals surface area contributed by atoms with Gasteiger partial charge in [0.05, 0.1) is 0 Å². The summed E-state index contributed by atoms with van der Waals surface area (Å²) in [5, 5.41) is 0. The average Bonchev–Trinajstić information content (AvgIpc) is 2.39. The molecule has 0 aliphatic heterocycles. The first kappa shape index (κ1) is 13.9. The maximum absolute atomic E-state index is 5.54. The molecule has 0 fully saturated rings. The number of nitrogens with zero attached hydrogens (tertiary/aromatic N) is 3. The van der Waals surface area contributed by atoms with Crippen molar-refractivity contribution >= 4 is 5.95 Å². The SMILES string of the molecule is CCCCN(CCCC)c1ncc(CN)cn1. The molecular weight excluding hydrogens is 212 g/mol. The van der Waals surface area contributed by atoms with E-state index in [4.69, 9.17) is 5.73 Å². The maximum atomic E-state index is 5.54. The van der Waals surface area contributed by atoms with Gasteiger partial charge in [-0.05, 0) is 12.8 Å². The van der Waals surface area contributed by atoms with Crippen molar-refractivity contribution in [1.29, 1.82) is 0 Å². The predicted octanol–water partition coefficient (Wildman–Crippen LogP) is 2.34. The number of unbranched alkanes of at least 4 members (excludes halogenated alkanes) is 2. The summed E-state index contributed by atoms with van der Waals surface area (Å²) in [6.45, 7) is 6.99. The zero-order valence-electron chi connectivity index (χ0n) is 11.0. The molecule has 0 bridgehead atoms. The standard InChI is InChI=1S/C13H24N4/c1-3-5-7-17(8-6-4-2)13-15-10-12(9-14)11-16-13/h10-11H,3-9,14H2,1-2H3. The van der Waals surface area contributed by atoms with Gasteiger partial charge < -0.3 is 10.6 Å². The average molecular weight is 236 g/mol. The minimum atomic E-state index is 0.504. The van der Waals surface area contributed by atoms with Crippen molar-refractivity contribution in [2.75, 3.05) is 18.0 Å². The maximum Gasteiger partial charge on any atom is 0.225 e. The summed E-state index contributed by atoms with van der Waals surface area (Å²) in [6, 6.07) is 0. The number of rotatable bonds is 8. The fraction of sp³-hybridized carbons (Fsp3) is 0.692. The Kier molecular flexibility index (Phi) is 6.55. The zero-order valence-corrected chi connectivity index (χ0v) is 11.0. The fourth-order valence-electron chi connectivity index (χ4n) is 1.63. The normalized spacial score (nSPS) is 10.5. The van der Waals surface area contributed by atoms with Crippen LogP contribution in [0.15, 0.2) is 12.4 Å². The van der Waals surface area contributed by atoms with Crippen LogP contribution in [0.2, 0.25) is 0 Å². The van der Waals surface area contributed by atoms with Gasteiger partial charge in [-0.15, -0.1) is 0 Å². The molecule has 0 unspecified atom stereocenters. The van der Waals surface area contributed by atoms with Gasteiger partial charge in [0, 0.05) is 37.6 Å².